The van der Waals surface area contributed by atoms with E-state index in [-0.39, 0.29) is 30.4 Å². The highest BCUT2D eigenvalue weighted by Crippen LogP contribution is 2.56. The van der Waals surface area contributed by atoms with E-state index in [0.29, 0.717) is 23.6 Å². The van der Waals surface area contributed by atoms with Gasteiger partial charge in [-0.15, -0.1) is 0 Å². The number of carbonyl (C=O) groups is 1. The van der Waals surface area contributed by atoms with E-state index in [1.807, 2.05) is 30.3 Å². The van der Waals surface area contributed by atoms with Crippen molar-refractivity contribution in [3.05, 3.63) is 42.0 Å². The van der Waals surface area contributed by atoms with Crippen molar-refractivity contribution >= 4 is 5.91 Å². The van der Waals surface area contributed by atoms with Crippen LogP contribution < -0.4 is 10.1 Å². The number of carbonyl (C=O) groups excluding carboxylic acids is 1. The molecular weight excluding hydrogens is 370 g/mol. The molecule has 7 nitrogen and oxygen atoms in total. The van der Waals surface area contributed by atoms with Crippen LogP contribution in [0.25, 0.3) is 0 Å². The zero-order valence-electron chi connectivity index (χ0n) is 16.5. The largest absolute Gasteiger partial charge is 0.485 e. The van der Waals surface area contributed by atoms with Crippen molar-refractivity contribution in [3.63, 3.8) is 0 Å². The van der Waals surface area contributed by atoms with E-state index in [9.17, 15) is 4.79 Å². The first-order valence-corrected chi connectivity index (χ1v) is 10.7. The molecule has 2 aliphatic carbocycles. The van der Waals surface area contributed by atoms with Crippen LogP contribution in [0.5, 0.6) is 5.75 Å². The molecule has 154 valence electrons. The zero-order valence-corrected chi connectivity index (χ0v) is 16.5. The highest BCUT2D eigenvalue weighted by Gasteiger charge is 2.53. The first-order valence-electron chi connectivity index (χ1n) is 10.7. The zero-order chi connectivity index (χ0) is 19.6. The summed E-state index contributed by atoms with van der Waals surface area (Å²) in [6, 6.07) is 9.80. The molecule has 2 bridgehead atoms. The quantitative estimate of drug-likeness (QED) is 0.806. The summed E-state index contributed by atoms with van der Waals surface area (Å²) in [7, 11) is 0. The summed E-state index contributed by atoms with van der Waals surface area (Å²) in [5, 5.41) is 7.37. The fourth-order valence-corrected chi connectivity index (χ4v) is 5.29. The Kier molecular flexibility index (Phi) is 5.23. The van der Waals surface area contributed by atoms with Gasteiger partial charge in [0, 0.05) is 19.3 Å². The topological polar surface area (TPSA) is 86.5 Å². The maximum atomic E-state index is 13.1. The number of benzene rings is 1. The number of aromatic nitrogens is 2. The van der Waals surface area contributed by atoms with E-state index in [0.717, 1.165) is 51.1 Å². The summed E-state index contributed by atoms with van der Waals surface area (Å²) in [6.07, 6.45) is 5.10. The van der Waals surface area contributed by atoms with Crippen LogP contribution >= 0.6 is 0 Å². The van der Waals surface area contributed by atoms with E-state index >= 15 is 0 Å². The van der Waals surface area contributed by atoms with Crippen LogP contribution in [0.1, 0.15) is 49.7 Å². The van der Waals surface area contributed by atoms with Gasteiger partial charge in [0.25, 0.3) is 0 Å². The lowest BCUT2D eigenvalue weighted by molar-refractivity contribution is -0.128. The Balaban J connectivity index is 1.27. The fourth-order valence-electron chi connectivity index (χ4n) is 5.29. The number of hydrogen-bond acceptors (Lipinski definition) is 6. The predicted molar refractivity (Wildman–Crippen MR) is 104 cm³/mol. The molecule has 1 aliphatic heterocycles. The third kappa shape index (κ3) is 3.88. The Bertz CT molecular complexity index is 834. The highest BCUT2D eigenvalue weighted by molar-refractivity contribution is 5.81. The van der Waals surface area contributed by atoms with E-state index in [2.05, 4.69) is 15.5 Å². The third-order valence-electron chi connectivity index (χ3n) is 6.67. The number of fused-ring (bicyclic) bond motifs is 2. The molecule has 29 heavy (non-hydrogen) atoms. The molecular formula is C22H27N3O4. The second kappa shape index (κ2) is 8.14. The van der Waals surface area contributed by atoms with Crippen LogP contribution in [0.4, 0.5) is 0 Å². The minimum Gasteiger partial charge on any atom is -0.485 e. The second-order valence-corrected chi connectivity index (χ2v) is 8.43. The number of nitrogens with zero attached hydrogens (tertiary/aromatic N) is 2. The van der Waals surface area contributed by atoms with Crippen LogP contribution in [0, 0.1) is 17.8 Å². The van der Waals surface area contributed by atoms with E-state index < -0.39 is 0 Å². The molecule has 1 saturated heterocycles. The average Bonchev–Trinajstić information content (AvgIpc) is 3.49. The number of ether oxygens (including phenoxy) is 2. The van der Waals surface area contributed by atoms with Crippen molar-refractivity contribution in [1.82, 2.24) is 15.5 Å². The van der Waals surface area contributed by atoms with Gasteiger partial charge in [0.15, 0.2) is 6.61 Å². The van der Waals surface area contributed by atoms with Gasteiger partial charge in [-0.05, 0) is 56.1 Å². The van der Waals surface area contributed by atoms with Gasteiger partial charge in [0.1, 0.15) is 5.75 Å². The Morgan fingerprint density at radius 3 is 2.72 bits per heavy atom. The number of amides is 1. The third-order valence-corrected chi connectivity index (χ3v) is 6.67. The lowest BCUT2D eigenvalue weighted by atomic mass is 9.78. The molecule has 1 aromatic heterocycles. The minimum absolute atomic E-state index is 0.0200. The van der Waals surface area contributed by atoms with Gasteiger partial charge < -0.3 is 19.3 Å². The number of rotatable bonds is 6. The Labute approximate surface area is 170 Å². The summed E-state index contributed by atoms with van der Waals surface area (Å²) in [5.74, 6) is 2.86. The standard InChI is InChI=1S/C22H27N3O4/c26-21(23-16-8-10-27-11-9-16)19-14-6-7-15(12-14)20(19)22-24-18(25-29-22)13-28-17-4-2-1-3-5-17/h1-5,14-16,19-20H,6-13H2,(H,23,26)/t14-,15+,19-,20-/m0/s1. The Morgan fingerprint density at radius 2 is 1.90 bits per heavy atom. The van der Waals surface area contributed by atoms with E-state index in [1.54, 1.807) is 0 Å². The van der Waals surface area contributed by atoms with E-state index in [4.69, 9.17) is 14.0 Å². The molecule has 0 spiro atoms. The molecule has 1 N–H and O–H groups in total. The van der Waals surface area contributed by atoms with Gasteiger partial charge in [-0.1, -0.05) is 23.4 Å². The van der Waals surface area contributed by atoms with Crippen molar-refractivity contribution in [1.29, 1.82) is 0 Å². The maximum absolute atomic E-state index is 13.1. The molecule has 4 atom stereocenters. The fraction of sp³-hybridized carbons (Fsp3) is 0.591. The smallest absolute Gasteiger partial charge is 0.230 e. The van der Waals surface area contributed by atoms with E-state index in [1.165, 1.54) is 0 Å². The van der Waals surface area contributed by atoms with Crippen molar-refractivity contribution in [2.24, 2.45) is 17.8 Å². The SMILES string of the molecule is O=C(NC1CCOCC1)[C@H]1[C@H]2CC[C@H](C2)[C@@H]1c1nc(COc2ccccc2)no1. The normalized spacial score (nSPS) is 29.1. The van der Waals surface area contributed by atoms with Crippen molar-refractivity contribution in [3.8, 4) is 5.75 Å². The van der Waals surface area contributed by atoms with Gasteiger partial charge in [-0.2, -0.15) is 4.98 Å². The Morgan fingerprint density at radius 1 is 1.10 bits per heavy atom. The minimum atomic E-state index is -0.0695. The number of para-hydroxylation sites is 1. The molecule has 2 heterocycles. The monoisotopic (exact) mass is 397 g/mol. The van der Waals surface area contributed by atoms with Crippen molar-refractivity contribution in [2.45, 2.75) is 50.7 Å². The van der Waals surface area contributed by atoms with Gasteiger partial charge in [0.05, 0.1) is 11.8 Å². The second-order valence-electron chi connectivity index (χ2n) is 8.43. The molecule has 3 fully saturated rings. The lowest BCUT2D eigenvalue weighted by Gasteiger charge is -2.30. The molecule has 0 radical (unpaired) electrons. The number of hydrogen-bond donors (Lipinski definition) is 1. The predicted octanol–water partition coefficient (Wildman–Crippen LogP) is 3.07. The summed E-state index contributed by atoms with van der Waals surface area (Å²) >= 11 is 0. The van der Waals surface area contributed by atoms with Crippen LogP contribution in [-0.2, 0) is 16.1 Å². The summed E-state index contributed by atoms with van der Waals surface area (Å²) in [5.41, 5.74) is 0. The Hall–Kier alpha value is -2.41. The van der Waals surface area contributed by atoms with Gasteiger partial charge >= 0.3 is 0 Å². The number of nitrogens with one attached hydrogen (secondary N) is 1. The van der Waals surface area contributed by atoms with Gasteiger partial charge in [-0.3, -0.25) is 4.79 Å². The molecule has 7 heteroatoms. The highest BCUT2D eigenvalue weighted by atomic mass is 16.5. The molecule has 1 aromatic carbocycles. The lowest BCUT2D eigenvalue weighted by Crippen LogP contribution is -2.44. The summed E-state index contributed by atoms with van der Waals surface area (Å²) < 4.78 is 16.8. The van der Waals surface area contributed by atoms with Crippen LogP contribution in [0.2, 0.25) is 0 Å². The van der Waals surface area contributed by atoms with Crippen LogP contribution in [0.15, 0.2) is 34.9 Å². The molecule has 2 saturated carbocycles. The van der Waals surface area contributed by atoms with Crippen molar-refractivity contribution in [2.75, 3.05) is 13.2 Å². The molecule has 1 amide bonds. The van der Waals surface area contributed by atoms with Gasteiger partial charge in [0.2, 0.25) is 17.6 Å². The summed E-state index contributed by atoms with van der Waals surface area (Å²) in [6.45, 7) is 1.70. The molecule has 5 rings (SSSR count). The average molecular weight is 397 g/mol. The first-order chi connectivity index (χ1) is 14.3. The van der Waals surface area contributed by atoms with Gasteiger partial charge in [-0.25, -0.2) is 0 Å². The van der Waals surface area contributed by atoms with Crippen LogP contribution in [0.3, 0.4) is 0 Å². The molecule has 0 unspecified atom stereocenters. The molecule has 2 aromatic rings. The molecule has 3 aliphatic rings. The first kappa shape index (κ1) is 18.6. The maximum Gasteiger partial charge on any atom is 0.230 e. The summed E-state index contributed by atoms with van der Waals surface area (Å²) in [4.78, 5) is 17.7. The van der Waals surface area contributed by atoms with Crippen molar-refractivity contribution < 1.29 is 18.8 Å². The van der Waals surface area contributed by atoms with Crippen LogP contribution in [-0.4, -0.2) is 35.3 Å².